The van der Waals surface area contributed by atoms with Crippen LogP contribution in [-0.4, -0.2) is 11.7 Å². The van der Waals surface area contributed by atoms with Crippen LogP contribution in [0.1, 0.15) is 5.69 Å². The van der Waals surface area contributed by atoms with Crippen molar-refractivity contribution in [1.82, 2.24) is 4.57 Å². The number of aromatic nitrogens is 1. The highest BCUT2D eigenvalue weighted by atomic mass is 19.4. The predicted octanol–water partition coefficient (Wildman–Crippen LogP) is 3.19. The first-order valence-electron chi connectivity index (χ1n) is 5.09. The van der Waals surface area contributed by atoms with E-state index in [2.05, 4.69) is 0 Å². The summed E-state index contributed by atoms with van der Waals surface area (Å²) in [5.74, 6) is 0.452. The minimum absolute atomic E-state index is 0.336. The van der Waals surface area contributed by atoms with E-state index in [1.807, 2.05) is 0 Å². The van der Waals surface area contributed by atoms with Gasteiger partial charge in [-0.1, -0.05) is 0 Å². The summed E-state index contributed by atoms with van der Waals surface area (Å²) < 4.78 is 44.4. The fraction of sp³-hybridized carbons (Fsp3) is 0.250. The number of alkyl halides is 3. The van der Waals surface area contributed by atoms with Gasteiger partial charge in [0.15, 0.2) is 0 Å². The van der Waals surface area contributed by atoms with Crippen LogP contribution in [0.15, 0.2) is 24.3 Å². The average Bonchev–Trinajstić information content (AvgIpc) is 2.68. The Balaban J connectivity index is 2.73. The Labute approximate surface area is 101 Å². The van der Waals surface area contributed by atoms with E-state index in [4.69, 9.17) is 10.00 Å². The maximum Gasteiger partial charge on any atom is 0.431 e. The summed E-state index contributed by atoms with van der Waals surface area (Å²) in [4.78, 5) is 0. The topological polar surface area (TPSA) is 38.0 Å². The molecule has 0 spiro atoms. The standard InChI is InChI=1S/C12H9F3N2O/c1-18-9-3-2-8-6-11(12(13,14)15)17(5-4-16)10(8)7-9/h2-3,6-7H,5H2,1H3. The van der Waals surface area contributed by atoms with Crippen molar-refractivity contribution in [3.63, 3.8) is 0 Å². The van der Waals surface area contributed by atoms with E-state index in [1.165, 1.54) is 19.2 Å². The quantitative estimate of drug-likeness (QED) is 0.825. The molecule has 0 unspecified atom stereocenters. The molecule has 3 nitrogen and oxygen atoms in total. The Morgan fingerprint density at radius 1 is 1.33 bits per heavy atom. The molecular weight excluding hydrogens is 245 g/mol. The third-order valence-corrected chi connectivity index (χ3v) is 2.63. The lowest BCUT2D eigenvalue weighted by atomic mass is 10.2. The van der Waals surface area contributed by atoms with E-state index in [9.17, 15) is 13.2 Å². The van der Waals surface area contributed by atoms with Crippen molar-refractivity contribution in [2.24, 2.45) is 0 Å². The van der Waals surface area contributed by atoms with Gasteiger partial charge in [-0.25, -0.2) is 0 Å². The van der Waals surface area contributed by atoms with Gasteiger partial charge in [-0.15, -0.1) is 0 Å². The van der Waals surface area contributed by atoms with E-state index in [1.54, 1.807) is 12.1 Å². The number of halogens is 3. The van der Waals surface area contributed by atoms with E-state index < -0.39 is 11.9 Å². The number of hydrogen-bond acceptors (Lipinski definition) is 2. The average molecular weight is 254 g/mol. The number of methoxy groups -OCH3 is 1. The first kappa shape index (κ1) is 12.3. The number of ether oxygens (including phenoxy) is 1. The Bertz CT molecular complexity index is 623. The summed E-state index contributed by atoms with van der Waals surface area (Å²) in [5, 5.41) is 9.07. The van der Waals surface area contributed by atoms with Crippen LogP contribution < -0.4 is 4.74 Å². The number of nitriles is 1. The van der Waals surface area contributed by atoms with Gasteiger partial charge in [-0.3, -0.25) is 0 Å². The maximum atomic E-state index is 12.8. The van der Waals surface area contributed by atoms with Crippen molar-refractivity contribution in [2.45, 2.75) is 12.7 Å². The van der Waals surface area contributed by atoms with Crippen molar-refractivity contribution in [3.05, 3.63) is 30.0 Å². The molecule has 0 aliphatic carbocycles. The third-order valence-electron chi connectivity index (χ3n) is 2.63. The molecule has 18 heavy (non-hydrogen) atoms. The zero-order chi connectivity index (χ0) is 13.3. The monoisotopic (exact) mass is 254 g/mol. The Kier molecular flexibility index (Phi) is 2.91. The molecule has 2 aromatic rings. The first-order valence-corrected chi connectivity index (χ1v) is 5.09. The zero-order valence-electron chi connectivity index (χ0n) is 9.45. The van der Waals surface area contributed by atoms with Gasteiger partial charge in [-0.05, 0) is 18.2 Å². The van der Waals surface area contributed by atoms with Crippen LogP contribution in [0.5, 0.6) is 5.75 Å². The van der Waals surface area contributed by atoms with Gasteiger partial charge in [0.05, 0.1) is 18.7 Å². The lowest BCUT2D eigenvalue weighted by Gasteiger charge is -2.09. The normalized spacial score (nSPS) is 11.5. The smallest absolute Gasteiger partial charge is 0.431 e. The molecule has 1 aromatic carbocycles. The lowest BCUT2D eigenvalue weighted by molar-refractivity contribution is -0.143. The molecule has 1 heterocycles. The lowest BCUT2D eigenvalue weighted by Crippen LogP contribution is -2.12. The Morgan fingerprint density at radius 2 is 2.06 bits per heavy atom. The molecule has 0 aliphatic rings. The summed E-state index contributed by atoms with van der Waals surface area (Å²) >= 11 is 0. The highest BCUT2D eigenvalue weighted by Gasteiger charge is 2.35. The maximum absolute atomic E-state index is 12.8. The summed E-state index contributed by atoms with van der Waals surface area (Å²) in [6.07, 6.45) is -4.48. The number of hydrogen-bond donors (Lipinski definition) is 0. The molecule has 94 valence electrons. The van der Waals surface area contributed by atoms with Crippen molar-refractivity contribution in [3.8, 4) is 11.8 Å². The predicted molar refractivity (Wildman–Crippen MR) is 59.1 cm³/mol. The molecule has 0 saturated heterocycles. The molecular formula is C12H9F3N2O. The molecule has 6 heteroatoms. The summed E-state index contributed by atoms with van der Waals surface area (Å²) in [7, 11) is 1.43. The molecule has 0 aliphatic heterocycles. The summed E-state index contributed by atoms with van der Waals surface area (Å²) in [5.41, 5.74) is -0.490. The Hall–Kier alpha value is -2.16. The van der Waals surface area contributed by atoms with Gasteiger partial charge in [0.1, 0.15) is 18.0 Å². The molecule has 0 fully saturated rings. The van der Waals surface area contributed by atoms with E-state index >= 15 is 0 Å². The van der Waals surface area contributed by atoms with Gasteiger partial charge in [0.2, 0.25) is 0 Å². The van der Waals surface area contributed by atoms with Crippen LogP contribution in [0.3, 0.4) is 0 Å². The molecule has 0 bridgehead atoms. The second-order valence-electron chi connectivity index (χ2n) is 3.70. The van der Waals surface area contributed by atoms with Crippen LogP contribution >= 0.6 is 0 Å². The van der Waals surface area contributed by atoms with Crippen molar-refractivity contribution in [2.75, 3.05) is 7.11 Å². The molecule has 0 N–H and O–H groups in total. The van der Waals surface area contributed by atoms with Crippen LogP contribution in [0.25, 0.3) is 10.9 Å². The van der Waals surface area contributed by atoms with Crippen molar-refractivity contribution >= 4 is 10.9 Å². The molecule has 0 atom stereocenters. The minimum atomic E-state index is -4.48. The highest BCUT2D eigenvalue weighted by Crippen LogP contribution is 2.35. The van der Waals surface area contributed by atoms with Gasteiger partial charge in [-0.2, -0.15) is 18.4 Å². The van der Waals surface area contributed by atoms with E-state index in [0.717, 1.165) is 10.6 Å². The fourth-order valence-corrected chi connectivity index (χ4v) is 1.84. The molecule has 2 rings (SSSR count). The summed E-state index contributed by atoms with van der Waals surface area (Å²) in [6.45, 7) is -0.356. The molecule has 1 aromatic heterocycles. The van der Waals surface area contributed by atoms with Gasteiger partial charge in [0, 0.05) is 11.5 Å². The van der Waals surface area contributed by atoms with Gasteiger partial charge >= 0.3 is 6.18 Å². The summed E-state index contributed by atoms with van der Waals surface area (Å²) in [6, 6.07) is 7.38. The van der Waals surface area contributed by atoms with Crippen LogP contribution in [0.2, 0.25) is 0 Å². The molecule has 0 saturated carbocycles. The number of nitrogens with zero attached hydrogens (tertiary/aromatic N) is 2. The number of fused-ring (bicyclic) bond motifs is 1. The Morgan fingerprint density at radius 3 is 2.61 bits per heavy atom. The van der Waals surface area contributed by atoms with Crippen molar-refractivity contribution in [1.29, 1.82) is 5.26 Å². The highest BCUT2D eigenvalue weighted by molar-refractivity contribution is 5.83. The van der Waals surface area contributed by atoms with Crippen LogP contribution in [0.4, 0.5) is 13.2 Å². The third kappa shape index (κ3) is 1.99. The first-order chi connectivity index (χ1) is 8.47. The second kappa shape index (κ2) is 4.26. The van der Waals surface area contributed by atoms with E-state index in [0.29, 0.717) is 16.7 Å². The van der Waals surface area contributed by atoms with Crippen molar-refractivity contribution < 1.29 is 17.9 Å². The van der Waals surface area contributed by atoms with E-state index in [-0.39, 0.29) is 6.54 Å². The van der Waals surface area contributed by atoms with Gasteiger partial charge < -0.3 is 9.30 Å². The van der Waals surface area contributed by atoms with Gasteiger partial charge in [0.25, 0.3) is 0 Å². The number of benzene rings is 1. The molecule has 0 amide bonds. The largest absolute Gasteiger partial charge is 0.497 e. The minimum Gasteiger partial charge on any atom is -0.497 e. The fourth-order valence-electron chi connectivity index (χ4n) is 1.84. The number of rotatable bonds is 2. The second-order valence-corrected chi connectivity index (χ2v) is 3.70. The molecule has 0 radical (unpaired) electrons. The SMILES string of the molecule is COc1ccc2cc(C(F)(F)F)n(CC#N)c2c1. The van der Waals surface area contributed by atoms with Crippen LogP contribution in [-0.2, 0) is 12.7 Å². The van der Waals surface area contributed by atoms with Crippen LogP contribution in [0, 0.1) is 11.3 Å². The zero-order valence-corrected chi connectivity index (χ0v) is 9.45.